The Morgan fingerprint density at radius 2 is 1.85 bits per heavy atom. The lowest BCUT2D eigenvalue weighted by Crippen LogP contribution is -2.36. The van der Waals surface area contributed by atoms with E-state index in [4.69, 9.17) is 4.98 Å². The van der Waals surface area contributed by atoms with Gasteiger partial charge in [0.2, 0.25) is 5.91 Å². The number of anilines is 1. The van der Waals surface area contributed by atoms with Crippen LogP contribution >= 0.6 is 0 Å². The molecule has 172 valence electrons. The maximum atomic E-state index is 13.2. The Morgan fingerprint density at radius 1 is 1.09 bits per heavy atom. The van der Waals surface area contributed by atoms with Gasteiger partial charge in [0.15, 0.2) is 5.65 Å². The first-order valence-corrected chi connectivity index (χ1v) is 11.8. The number of aryl methyl sites for hydroxylation is 2. The largest absolute Gasteiger partial charge is 0.314 e. The zero-order chi connectivity index (χ0) is 23.6. The molecule has 1 aromatic carbocycles. The number of aromatic nitrogens is 6. The predicted molar refractivity (Wildman–Crippen MR) is 130 cm³/mol. The van der Waals surface area contributed by atoms with Crippen LogP contribution < -0.4 is 4.90 Å². The monoisotopic (exact) mass is 453 g/mol. The quantitative estimate of drug-likeness (QED) is 0.447. The van der Waals surface area contributed by atoms with E-state index in [-0.39, 0.29) is 5.91 Å². The molecule has 0 unspecified atom stereocenters. The van der Waals surface area contributed by atoms with Gasteiger partial charge in [-0.25, -0.2) is 24.9 Å². The van der Waals surface area contributed by atoms with E-state index in [0.717, 1.165) is 57.3 Å². The van der Waals surface area contributed by atoms with Gasteiger partial charge in [-0.2, -0.15) is 0 Å². The highest BCUT2D eigenvalue weighted by Gasteiger charge is 2.48. The lowest BCUT2D eigenvalue weighted by Gasteiger charge is -2.23. The molecule has 0 N–H and O–H groups in total. The van der Waals surface area contributed by atoms with E-state index in [9.17, 15) is 4.79 Å². The lowest BCUT2D eigenvalue weighted by molar-refractivity contribution is -0.122. The fourth-order valence-electron chi connectivity index (χ4n) is 5.28. The molecule has 0 spiro atoms. The minimum atomic E-state index is -0.499. The van der Waals surface area contributed by atoms with Crippen molar-refractivity contribution in [2.45, 2.75) is 52.0 Å². The maximum absolute atomic E-state index is 13.2. The maximum Gasteiger partial charge on any atom is 0.237 e. The van der Waals surface area contributed by atoms with Crippen molar-refractivity contribution in [1.29, 1.82) is 0 Å². The fraction of sp³-hybridized carbons (Fsp3) is 0.385. The molecule has 1 aliphatic heterocycles. The molecule has 8 nitrogen and oxygen atoms in total. The number of hydrogen-bond acceptors (Lipinski definition) is 6. The predicted octanol–water partition coefficient (Wildman–Crippen LogP) is 4.31. The average molecular weight is 454 g/mol. The van der Waals surface area contributed by atoms with Gasteiger partial charge in [-0.1, -0.05) is 18.9 Å². The number of fused-ring (bicyclic) bond motifs is 2. The number of hydrogen-bond donors (Lipinski definition) is 0. The summed E-state index contributed by atoms with van der Waals surface area (Å²) in [6, 6.07) is 6.22. The molecular formula is C26H27N7O. The SMILES string of the molecule is CCn1c(-c2cnc(C)nc2)nc2c(-c3ccc4c(c3)[C@@](C)(CC3CC3)C(=O)N4C)ncnc21. The normalized spacial score (nSPS) is 19.8. The summed E-state index contributed by atoms with van der Waals surface area (Å²) in [6.45, 7) is 6.74. The van der Waals surface area contributed by atoms with Crippen LogP contribution in [0.15, 0.2) is 36.9 Å². The highest BCUT2D eigenvalue weighted by atomic mass is 16.2. The van der Waals surface area contributed by atoms with E-state index in [1.54, 1.807) is 23.6 Å². The van der Waals surface area contributed by atoms with Gasteiger partial charge in [0.05, 0.1) is 11.0 Å². The number of likely N-dealkylation sites (N-methyl/N-ethyl adjacent to an activating group) is 1. The van der Waals surface area contributed by atoms with Crippen LogP contribution in [-0.2, 0) is 16.8 Å². The van der Waals surface area contributed by atoms with Gasteiger partial charge in [-0.15, -0.1) is 0 Å². The molecule has 0 radical (unpaired) electrons. The van der Waals surface area contributed by atoms with Crippen LogP contribution in [0, 0.1) is 12.8 Å². The van der Waals surface area contributed by atoms with Crippen LogP contribution in [0.4, 0.5) is 5.69 Å². The molecule has 1 atom stereocenters. The Hall–Kier alpha value is -3.68. The van der Waals surface area contributed by atoms with Crippen molar-refractivity contribution in [1.82, 2.24) is 29.5 Å². The Kier molecular flexibility index (Phi) is 4.56. The summed E-state index contributed by atoms with van der Waals surface area (Å²) in [5, 5.41) is 0. The molecule has 34 heavy (non-hydrogen) atoms. The van der Waals surface area contributed by atoms with Crippen molar-refractivity contribution in [3.63, 3.8) is 0 Å². The van der Waals surface area contributed by atoms with E-state index in [0.29, 0.717) is 12.5 Å². The molecule has 2 aliphatic rings. The van der Waals surface area contributed by atoms with Gasteiger partial charge in [0.1, 0.15) is 29.2 Å². The highest BCUT2D eigenvalue weighted by Crippen LogP contribution is 2.50. The first kappa shape index (κ1) is 20.9. The first-order chi connectivity index (χ1) is 16.4. The summed E-state index contributed by atoms with van der Waals surface area (Å²) < 4.78 is 2.07. The van der Waals surface area contributed by atoms with Crippen LogP contribution in [0.3, 0.4) is 0 Å². The van der Waals surface area contributed by atoms with Gasteiger partial charge in [0, 0.05) is 37.2 Å². The summed E-state index contributed by atoms with van der Waals surface area (Å²) >= 11 is 0. The van der Waals surface area contributed by atoms with E-state index in [1.807, 2.05) is 26.1 Å². The molecule has 1 fully saturated rings. The summed E-state index contributed by atoms with van der Waals surface area (Å²) in [5.74, 6) is 2.31. The zero-order valence-electron chi connectivity index (χ0n) is 19.9. The fourth-order valence-corrected chi connectivity index (χ4v) is 5.28. The van der Waals surface area contributed by atoms with Crippen LogP contribution in [0.25, 0.3) is 33.8 Å². The molecule has 4 aromatic rings. The third-order valence-corrected chi connectivity index (χ3v) is 7.28. The standard InChI is InChI=1S/C26H27N7O/c1-5-33-23(18-12-27-15(2)28-13-18)31-22-21(29-14-30-24(22)33)17-8-9-20-19(10-17)26(3,11-16-6-7-16)25(34)32(20)4/h8-10,12-14,16H,5-7,11H2,1-4H3/t26-/m1/s1. The van der Waals surface area contributed by atoms with E-state index < -0.39 is 5.41 Å². The van der Waals surface area contributed by atoms with Gasteiger partial charge < -0.3 is 9.47 Å². The number of carbonyl (C=O) groups is 1. The molecule has 4 heterocycles. The second-order valence-electron chi connectivity index (χ2n) is 9.67. The van der Waals surface area contributed by atoms with Crippen LogP contribution in [-0.4, -0.2) is 42.4 Å². The highest BCUT2D eigenvalue weighted by molar-refractivity contribution is 6.08. The lowest BCUT2D eigenvalue weighted by atomic mass is 9.78. The molecular weight excluding hydrogens is 426 g/mol. The topological polar surface area (TPSA) is 89.7 Å². The van der Waals surface area contributed by atoms with Crippen molar-refractivity contribution in [2.24, 2.45) is 5.92 Å². The summed E-state index contributed by atoms with van der Waals surface area (Å²) in [6.07, 6.45) is 8.51. The van der Waals surface area contributed by atoms with Crippen molar-refractivity contribution in [2.75, 3.05) is 11.9 Å². The van der Waals surface area contributed by atoms with Crippen molar-refractivity contribution in [3.8, 4) is 22.6 Å². The number of carbonyl (C=O) groups excluding carboxylic acids is 1. The smallest absolute Gasteiger partial charge is 0.237 e. The summed E-state index contributed by atoms with van der Waals surface area (Å²) in [7, 11) is 1.88. The molecule has 1 aliphatic carbocycles. The third kappa shape index (κ3) is 3.04. The average Bonchev–Trinajstić information content (AvgIpc) is 3.55. The van der Waals surface area contributed by atoms with Gasteiger partial charge in [0.25, 0.3) is 0 Å². The van der Waals surface area contributed by atoms with Crippen molar-refractivity contribution < 1.29 is 4.79 Å². The first-order valence-electron chi connectivity index (χ1n) is 11.8. The Morgan fingerprint density at radius 3 is 2.56 bits per heavy atom. The minimum Gasteiger partial charge on any atom is -0.314 e. The molecule has 0 bridgehead atoms. The van der Waals surface area contributed by atoms with Crippen LogP contribution in [0.5, 0.6) is 0 Å². The molecule has 0 saturated heterocycles. The van der Waals surface area contributed by atoms with Gasteiger partial charge in [-0.05, 0) is 50.8 Å². The van der Waals surface area contributed by atoms with Gasteiger partial charge in [-0.3, -0.25) is 4.79 Å². The number of imidazole rings is 1. The summed E-state index contributed by atoms with van der Waals surface area (Å²) in [5.41, 5.74) is 5.64. The Bertz CT molecular complexity index is 1440. The molecule has 1 saturated carbocycles. The van der Waals surface area contributed by atoms with E-state index in [1.165, 1.54) is 12.8 Å². The van der Waals surface area contributed by atoms with Crippen LogP contribution in [0.2, 0.25) is 0 Å². The van der Waals surface area contributed by atoms with Gasteiger partial charge >= 0.3 is 0 Å². The number of benzene rings is 1. The third-order valence-electron chi connectivity index (χ3n) is 7.28. The van der Waals surface area contributed by atoms with Crippen molar-refractivity contribution >= 4 is 22.8 Å². The molecule has 3 aromatic heterocycles. The second-order valence-corrected chi connectivity index (χ2v) is 9.67. The van der Waals surface area contributed by atoms with Crippen molar-refractivity contribution in [3.05, 3.63) is 48.3 Å². The van der Waals surface area contributed by atoms with E-state index in [2.05, 4.69) is 44.4 Å². The molecule has 6 rings (SSSR count). The second kappa shape index (κ2) is 7.41. The molecule has 8 heteroatoms. The zero-order valence-corrected chi connectivity index (χ0v) is 19.9. The number of rotatable bonds is 5. The Labute approximate surface area is 198 Å². The molecule has 1 amide bonds. The Balaban J connectivity index is 1.51. The van der Waals surface area contributed by atoms with E-state index >= 15 is 0 Å². The number of nitrogens with zero attached hydrogens (tertiary/aromatic N) is 7. The summed E-state index contributed by atoms with van der Waals surface area (Å²) in [4.78, 5) is 37.9. The number of amides is 1. The minimum absolute atomic E-state index is 0.177. The van der Waals surface area contributed by atoms with Crippen LogP contribution in [0.1, 0.15) is 44.5 Å².